The van der Waals surface area contributed by atoms with Crippen LogP contribution < -0.4 is 0 Å². The number of thiazole rings is 1. The van der Waals surface area contributed by atoms with Gasteiger partial charge in [-0.25, -0.2) is 4.98 Å². The highest BCUT2D eigenvalue weighted by Gasteiger charge is 2.47. The van der Waals surface area contributed by atoms with Crippen molar-refractivity contribution < 1.29 is 0 Å². The van der Waals surface area contributed by atoms with Crippen LogP contribution in [0, 0.1) is 5.41 Å². The molecule has 1 atom stereocenters. The van der Waals surface area contributed by atoms with E-state index in [1.165, 1.54) is 23.5 Å². The predicted octanol–water partition coefficient (Wildman–Crippen LogP) is 4.39. The fourth-order valence-electron chi connectivity index (χ4n) is 1.91. The van der Waals surface area contributed by atoms with Crippen molar-refractivity contribution in [1.29, 1.82) is 0 Å². The number of hydrogen-bond donors (Lipinski definition) is 0. The molecule has 1 aromatic rings. The molecule has 1 unspecified atom stereocenters. The van der Waals surface area contributed by atoms with Gasteiger partial charge in [-0.1, -0.05) is 20.8 Å². The van der Waals surface area contributed by atoms with E-state index in [4.69, 9.17) is 16.6 Å². The first-order valence-corrected chi connectivity index (χ1v) is 7.24. The minimum atomic E-state index is 0.165. The Hall–Kier alpha value is -0.0800. The minimum Gasteiger partial charge on any atom is -0.246 e. The van der Waals surface area contributed by atoms with E-state index in [9.17, 15) is 0 Å². The average molecular weight is 258 g/mol. The van der Waals surface area contributed by atoms with Gasteiger partial charge in [0.05, 0.1) is 10.7 Å². The Balaban J connectivity index is 2.09. The van der Waals surface area contributed by atoms with Gasteiger partial charge in [0.15, 0.2) is 0 Å². The van der Waals surface area contributed by atoms with E-state index >= 15 is 0 Å². The molecule has 1 aliphatic rings. The maximum atomic E-state index is 6.26. The molecule has 16 heavy (non-hydrogen) atoms. The molecule has 1 nitrogen and oxygen atoms in total. The van der Waals surface area contributed by atoms with Crippen LogP contribution in [0.3, 0.4) is 0 Å². The Morgan fingerprint density at radius 2 is 2.12 bits per heavy atom. The predicted molar refractivity (Wildman–Crippen MR) is 71.5 cm³/mol. The topological polar surface area (TPSA) is 12.9 Å². The number of alkyl halides is 1. The first kappa shape index (κ1) is 12.4. The molecular weight excluding hydrogens is 238 g/mol. The number of aromatic nitrogens is 1. The zero-order valence-electron chi connectivity index (χ0n) is 10.5. The summed E-state index contributed by atoms with van der Waals surface area (Å²) in [7, 11) is 0. The summed E-state index contributed by atoms with van der Waals surface area (Å²) in [4.78, 5) is 4.75. The molecule has 1 aliphatic carbocycles. The standard InChI is InChI=1S/C13H20ClNS/c1-9(14)13(5-6-13)7-11-15-10(8-16-11)12(2,3)4/h8-9H,5-7H2,1-4H3. The second-order valence-electron chi connectivity index (χ2n) is 6.03. The maximum absolute atomic E-state index is 6.26. The first-order chi connectivity index (χ1) is 7.33. The lowest BCUT2D eigenvalue weighted by atomic mass is 9.93. The molecule has 0 N–H and O–H groups in total. The van der Waals surface area contributed by atoms with Crippen molar-refractivity contribution in [2.24, 2.45) is 5.41 Å². The Morgan fingerprint density at radius 3 is 2.50 bits per heavy atom. The molecule has 0 spiro atoms. The molecule has 0 aromatic carbocycles. The highest BCUT2D eigenvalue weighted by molar-refractivity contribution is 7.09. The van der Waals surface area contributed by atoms with Crippen molar-refractivity contribution in [3.8, 4) is 0 Å². The zero-order valence-corrected chi connectivity index (χ0v) is 12.1. The number of nitrogens with zero attached hydrogens (tertiary/aromatic N) is 1. The second kappa shape index (κ2) is 3.99. The highest BCUT2D eigenvalue weighted by Crippen LogP contribution is 2.53. The molecule has 0 radical (unpaired) electrons. The normalized spacial score (nSPS) is 20.8. The van der Waals surface area contributed by atoms with Gasteiger partial charge >= 0.3 is 0 Å². The minimum absolute atomic E-state index is 0.165. The Labute approximate surface area is 107 Å². The van der Waals surface area contributed by atoms with Gasteiger partial charge in [-0.3, -0.25) is 0 Å². The van der Waals surface area contributed by atoms with Gasteiger partial charge in [-0.15, -0.1) is 22.9 Å². The molecule has 0 saturated heterocycles. The van der Waals surface area contributed by atoms with Crippen LogP contribution in [-0.4, -0.2) is 10.4 Å². The largest absolute Gasteiger partial charge is 0.246 e. The molecular formula is C13H20ClNS. The van der Waals surface area contributed by atoms with Gasteiger partial charge in [-0.05, 0) is 25.2 Å². The van der Waals surface area contributed by atoms with Gasteiger partial charge in [0.2, 0.25) is 0 Å². The summed E-state index contributed by atoms with van der Waals surface area (Å²) in [6.45, 7) is 8.75. The van der Waals surface area contributed by atoms with Gasteiger partial charge in [0, 0.05) is 22.6 Å². The molecule has 1 heterocycles. The summed E-state index contributed by atoms with van der Waals surface area (Å²) in [5.74, 6) is 0. The summed E-state index contributed by atoms with van der Waals surface area (Å²) in [5, 5.41) is 3.73. The molecule has 1 fully saturated rings. The van der Waals surface area contributed by atoms with E-state index in [1.54, 1.807) is 11.3 Å². The average Bonchev–Trinajstić information content (AvgIpc) is 2.74. The van der Waals surface area contributed by atoms with Crippen LogP contribution in [0.5, 0.6) is 0 Å². The number of hydrogen-bond acceptors (Lipinski definition) is 2. The molecule has 90 valence electrons. The van der Waals surface area contributed by atoms with E-state index in [1.807, 2.05) is 0 Å². The van der Waals surface area contributed by atoms with Crippen LogP contribution in [0.25, 0.3) is 0 Å². The highest BCUT2D eigenvalue weighted by atomic mass is 35.5. The molecule has 0 aliphatic heterocycles. The van der Waals surface area contributed by atoms with Crippen LogP contribution in [0.15, 0.2) is 5.38 Å². The van der Waals surface area contributed by atoms with E-state index < -0.39 is 0 Å². The fraction of sp³-hybridized carbons (Fsp3) is 0.769. The Kier molecular flexibility index (Phi) is 3.09. The molecule has 1 aromatic heterocycles. The van der Waals surface area contributed by atoms with Gasteiger partial charge in [0.1, 0.15) is 0 Å². The molecule has 1 saturated carbocycles. The molecule has 0 amide bonds. The van der Waals surface area contributed by atoms with Crippen molar-refractivity contribution in [1.82, 2.24) is 4.98 Å². The van der Waals surface area contributed by atoms with Crippen molar-refractivity contribution >= 4 is 22.9 Å². The SMILES string of the molecule is CC(Cl)C1(Cc2nc(C(C)(C)C)cs2)CC1. The third-order valence-electron chi connectivity index (χ3n) is 3.56. The molecule has 2 rings (SSSR count). The lowest BCUT2D eigenvalue weighted by Crippen LogP contribution is -2.16. The summed E-state index contributed by atoms with van der Waals surface area (Å²) >= 11 is 8.05. The van der Waals surface area contributed by atoms with Crippen LogP contribution in [0.1, 0.15) is 51.2 Å². The maximum Gasteiger partial charge on any atom is 0.0934 e. The van der Waals surface area contributed by atoms with Crippen molar-refractivity contribution in [3.05, 3.63) is 16.1 Å². The molecule has 0 bridgehead atoms. The van der Waals surface area contributed by atoms with Crippen molar-refractivity contribution in [2.75, 3.05) is 0 Å². The Morgan fingerprint density at radius 1 is 1.50 bits per heavy atom. The van der Waals surface area contributed by atoms with Gasteiger partial charge < -0.3 is 0 Å². The van der Waals surface area contributed by atoms with E-state index in [0.29, 0.717) is 5.41 Å². The monoisotopic (exact) mass is 257 g/mol. The third kappa shape index (κ3) is 2.43. The first-order valence-electron chi connectivity index (χ1n) is 5.92. The Bertz CT molecular complexity index is 372. The lowest BCUT2D eigenvalue weighted by Gasteiger charge is -2.16. The van der Waals surface area contributed by atoms with Crippen LogP contribution >= 0.6 is 22.9 Å². The van der Waals surface area contributed by atoms with E-state index in [0.717, 1.165) is 6.42 Å². The smallest absolute Gasteiger partial charge is 0.0934 e. The van der Waals surface area contributed by atoms with Gasteiger partial charge in [-0.2, -0.15) is 0 Å². The van der Waals surface area contributed by atoms with Gasteiger partial charge in [0.25, 0.3) is 0 Å². The third-order valence-corrected chi connectivity index (χ3v) is 4.87. The number of rotatable bonds is 3. The summed E-state index contributed by atoms with van der Waals surface area (Å²) in [5.41, 5.74) is 1.73. The fourth-order valence-corrected chi connectivity index (χ4v) is 3.38. The van der Waals surface area contributed by atoms with Crippen LogP contribution in [0.2, 0.25) is 0 Å². The summed E-state index contributed by atoms with van der Waals surface area (Å²) in [6.07, 6.45) is 3.60. The second-order valence-corrected chi connectivity index (χ2v) is 7.63. The van der Waals surface area contributed by atoms with E-state index in [2.05, 4.69) is 33.1 Å². The van der Waals surface area contributed by atoms with Crippen LogP contribution in [0.4, 0.5) is 0 Å². The summed E-state index contributed by atoms with van der Waals surface area (Å²) < 4.78 is 0. The van der Waals surface area contributed by atoms with Crippen LogP contribution in [-0.2, 0) is 11.8 Å². The zero-order chi connectivity index (χ0) is 12.0. The van der Waals surface area contributed by atoms with Crippen molar-refractivity contribution in [2.45, 2.75) is 57.7 Å². The van der Waals surface area contributed by atoms with Crippen molar-refractivity contribution in [3.63, 3.8) is 0 Å². The lowest BCUT2D eigenvalue weighted by molar-refractivity contribution is 0.491. The molecule has 3 heteroatoms. The summed E-state index contributed by atoms with van der Waals surface area (Å²) in [6, 6.07) is 0. The van der Waals surface area contributed by atoms with E-state index in [-0.39, 0.29) is 10.8 Å². The quantitative estimate of drug-likeness (QED) is 0.732. The number of halogens is 1.